The normalized spacial score (nSPS) is 12.7. The Morgan fingerprint density at radius 2 is 0.877 bits per heavy atom. The van der Waals surface area contributed by atoms with E-state index in [9.17, 15) is 0 Å². The lowest BCUT2D eigenvalue weighted by atomic mass is 9.67. The summed E-state index contributed by atoms with van der Waals surface area (Å²) in [6.07, 6.45) is 0. The molecule has 2 nitrogen and oxygen atoms in total. The molecule has 12 aromatic rings. The maximum atomic E-state index is 6.50. The Morgan fingerprint density at radius 3 is 1.63 bits per heavy atom. The van der Waals surface area contributed by atoms with Gasteiger partial charge in [-0.25, -0.2) is 0 Å². The molecule has 0 radical (unpaired) electrons. The predicted molar refractivity (Wildman–Crippen MR) is 272 cm³/mol. The van der Waals surface area contributed by atoms with E-state index in [0.29, 0.717) is 0 Å². The second kappa shape index (κ2) is 14.8. The summed E-state index contributed by atoms with van der Waals surface area (Å²) in [5.41, 5.74) is 16.8. The third-order valence-corrected chi connectivity index (χ3v) is 13.7. The minimum atomic E-state index is -0.545. The SMILES string of the molecule is c1ccc(-c2cccc(C3(c4ccc(N(c5ccc(-c6cccc7c6oc6ccccc67)cc5)c5cc6ccccc6c6ccccc56)cc4)c4ccccc4-c4ccccc43)c2)cc1. The molecule has 65 heavy (non-hydrogen) atoms. The van der Waals surface area contributed by atoms with Crippen LogP contribution in [0.5, 0.6) is 0 Å². The van der Waals surface area contributed by atoms with Gasteiger partial charge in [0, 0.05) is 33.1 Å². The average molecular weight is 828 g/mol. The van der Waals surface area contributed by atoms with Crippen LogP contribution >= 0.6 is 0 Å². The van der Waals surface area contributed by atoms with Crippen molar-refractivity contribution in [3.63, 3.8) is 0 Å². The quantitative estimate of drug-likeness (QED) is 0.149. The van der Waals surface area contributed by atoms with Crippen molar-refractivity contribution in [3.05, 3.63) is 271 Å². The van der Waals surface area contributed by atoms with Crippen LogP contribution in [0.2, 0.25) is 0 Å². The molecule has 304 valence electrons. The van der Waals surface area contributed by atoms with Gasteiger partial charge in [0.05, 0.1) is 11.1 Å². The lowest BCUT2D eigenvalue weighted by Gasteiger charge is -2.35. The molecule has 0 bridgehead atoms. The van der Waals surface area contributed by atoms with Gasteiger partial charge in [-0.05, 0) is 109 Å². The van der Waals surface area contributed by atoms with Gasteiger partial charge in [-0.3, -0.25) is 0 Å². The summed E-state index contributed by atoms with van der Waals surface area (Å²) >= 11 is 0. The molecule has 1 aliphatic carbocycles. The lowest BCUT2D eigenvalue weighted by Crippen LogP contribution is -2.28. The van der Waals surface area contributed by atoms with E-state index >= 15 is 0 Å². The molecule has 0 saturated carbocycles. The van der Waals surface area contributed by atoms with Gasteiger partial charge in [0.25, 0.3) is 0 Å². The second-order valence-corrected chi connectivity index (χ2v) is 17.2. The van der Waals surface area contributed by atoms with Crippen molar-refractivity contribution in [2.75, 3.05) is 4.90 Å². The fourth-order valence-corrected chi connectivity index (χ4v) is 10.9. The molecule has 0 atom stereocenters. The van der Waals surface area contributed by atoms with Crippen LogP contribution in [0, 0.1) is 0 Å². The number of rotatable bonds is 7. The van der Waals surface area contributed by atoms with Crippen LogP contribution in [0.1, 0.15) is 22.3 Å². The summed E-state index contributed by atoms with van der Waals surface area (Å²) < 4.78 is 6.50. The van der Waals surface area contributed by atoms with Gasteiger partial charge >= 0.3 is 0 Å². The van der Waals surface area contributed by atoms with Crippen LogP contribution in [-0.4, -0.2) is 0 Å². The Morgan fingerprint density at radius 1 is 0.323 bits per heavy atom. The van der Waals surface area contributed by atoms with Crippen molar-refractivity contribution in [2.45, 2.75) is 5.41 Å². The molecule has 1 aromatic heterocycles. The molecule has 0 fully saturated rings. The Bertz CT molecular complexity index is 3720. The highest BCUT2D eigenvalue weighted by atomic mass is 16.3. The summed E-state index contributed by atoms with van der Waals surface area (Å²) in [5.74, 6) is 0. The van der Waals surface area contributed by atoms with Gasteiger partial charge in [-0.2, -0.15) is 0 Å². The molecule has 11 aromatic carbocycles. The minimum absolute atomic E-state index is 0.545. The van der Waals surface area contributed by atoms with E-state index in [0.717, 1.165) is 50.1 Å². The van der Waals surface area contributed by atoms with Crippen LogP contribution in [0.25, 0.3) is 76.9 Å². The smallest absolute Gasteiger partial charge is 0.143 e. The number of hydrogen-bond acceptors (Lipinski definition) is 2. The zero-order valence-electron chi connectivity index (χ0n) is 35.5. The molecule has 0 spiro atoms. The van der Waals surface area contributed by atoms with Crippen molar-refractivity contribution < 1.29 is 4.42 Å². The molecule has 0 saturated heterocycles. The van der Waals surface area contributed by atoms with Gasteiger partial charge in [-0.1, -0.05) is 206 Å². The molecule has 0 N–H and O–H groups in total. The monoisotopic (exact) mass is 827 g/mol. The molecular weight excluding hydrogens is 787 g/mol. The Hall–Kier alpha value is -8.46. The number of furan rings is 1. The highest BCUT2D eigenvalue weighted by Crippen LogP contribution is 2.57. The summed E-state index contributed by atoms with van der Waals surface area (Å²) in [7, 11) is 0. The molecule has 1 heterocycles. The summed E-state index contributed by atoms with van der Waals surface area (Å²) in [6.45, 7) is 0. The molecule has 0 unspecified atom stereocenters. The van der Waals surface area contributed by atoms with Crippen LogP contribution in [0.4, 0.5) is 17.1 Å². The van der Waals surface area contributed by atoms with Crippen molar-refractivity contribution in [1.29, 1.82) is 0 Å². The lowest BCUT2D eigenvalue weighted by molar-refractivity contribution is 0.670. The first-order valence-electron chi connectivity index (χ1n) is 22.4. The first-order valence-corrected chi connectivity index (χ1v) is 22.4. The molecule has 0 aliphatic heterocycles. The van der Waals surface area contributed by atoms with E-state index in [-0.39, 0.29) is 0 Å². The van der Waals surface area contributed by atoms with Crippen molar-refractivity contribution in [2.24, 2.45) is 0 Å². The highest BCUT2D eigenvalue weighted by Gasteiger charge is 2.46. The maximum Gasteiger partial charge on any atom is 0.143 e. The van der Waals surface area contributed by atoms with Crippen LogP contribution in [0.3, 0.4) is 0 Å². The van der Waals surface area contributed by atoms with Crippen molar-refractivity contribution in [1.82, 2.24) is 0 Å². The average Bonchev–Trinajstić information content (AvgIpc) is 3.92. The van der Waals surface area contributed by atoms with E-state index < -0.39 is 5.41 Å². The van der Waals surface area contributed by atoms with E-state index in [4.69, 9.17) is 4.42 Å². The predicted octanol–water partition coefficient (Wildman–Crippen LogP) is 17.1. The fourth-order valence-electron chi connectivity index (χ4n) is 10.9. The number of para-hydroxylation sites is 2. The maximum absolute atomic E-state index is 6.50. The van der Waals surface area contributed by atoms with Gasteiger partial charge in [0.15, 0.2) is 0 Å². The van der Waals surface area contributed by atoms with E-state index in [1.54, 1.807) is 0 Å². The fraction of sp³-hybridized carbons (Fsp3) is 0.0159. The van der Waals surface area contributed by atoms with Gasteiger partial charge in [0.1, 0.15) is 11.2 Å². The van der Waals surface area contributed by atoms with Crippen molar-refractivity contribution >= 4 is 60.5 Å². The zero-order chi connectivity index (χ0) is 42.9. The third-order valence-electron chi connectivity index (χ3n) is 13.7. The number of hydrogen-bond donors (Lipinski definition) is 0. The Kier molecular flexibility index (Phi) is 8.47. The third kappa shape index (κ3) is 5.74. The molecule has 2 heteroatoms. The summed E-state index contributed by atoms with van der Waals surface area (Å²) in [6, 6.07) is 90.9. The molecule has 1 aliphatic rings. The first kappa shape index (κ1) is 37.1. The van der Waals surface area contributed by atoms with Gasteiger partial charge < -0.3 is 9.32 Å². The number of anilines is 3. The second-order valence-electron chi connectivity index (χ2n) is 17.2. The van der Waals surface area contributed by atoms with Crippen LogP contribution in [-0.2, 0) is 5.41 Å². The Balaban J connectivity index is 1.01. The zero-order valence-corrected chi connectivity index (χ0v) is 35.5. The molecule has 0 amide bonds. The van der Waals surface area contributed by atoms with E-state index in [2.05, 4.69) is 241 Å². The summed E-state index contributed by atoms with van der Waals surface area (Å²) in [5, 5.41) is 7.13. The van der Waals surface area contributed by atoms with E-state index in [1.807, 2.05) is 12.1 Å². The highest BCUT2D eigenvalue weighted by molar-refractivity contribution is 6.15. The number of nitrogens with zero attached hydrogens (tertiary/aromatic N) is 1. The van der Waals surface area contributed by atoms with E-state index in [1.165, 1.54) is 66.1 Å². The first-order chi connectivity index (χ1) is 32.2. The van der Waals surface area contributed by atoms with Gasteiger partial charge in [-0.15, -0.1) is 0 Å². The van der Waals surface area contributed by atoms with Gasteiger partial charge in [0.2, 0.25) is 0 Å². The number of benzene rings is 11. The minimum Gasteiger partial charge on any atom is -0.455 e. The standard InChI is InChI=1S/C63H41NO/c1-2-16-42(17-3-1)44-19-14-20-47(40-44)63(58-29-11-8-23-53(58)54-24-9-12-30-59(54)63)46-34-38-49(39-35-46)64(60-41-45-18-4-5-21-50(45)52-22-6-7-25-55(52)60)48-36-32-43(33-37-48)51-27-15-28-57-56-26-10-13-31-61(56)65-62(51)57/h1-41H. The van der Waals surface area contributed by atoms with Crippen LogP contribution < -0.4 is 4.90 Å². The molecular formula is C63H41NO. The van der Waals surface area contributed by atoms with Crippen LogP contribution in [0.15, 0.2) is 253 Å². The topological polar surface area (TPSA) is 16.4 Å². The largest absolute Gasteiger partial charge is 0.455 e. The summed E-state index contributed by atoms with van der Waals surface area (Å²) in [4.78, 5) is 2.43. The molecule has 13 rings (SSSR count). The van der Waals surface area contributed by atoms with Crippen molar-refractivity contribution in [3.8, 4) is 33.4 Å². The number of fused-ring (bicyclic) bond motifs is 9. The Labute approximate surface area is 377 Å².